The molecule has 0 saturated heterocycles. The molecule has 1 aromatic carbocycles. The summed E-state index contributed by atoms with van der Waals surface area (Å²) in [6, 6.07) is 4.67. The first-order chi connectivity index (χ1) is 8.76. The van der Waals surface area contributed by atoms with E-state index in [0.717, 1.165) is 12.7 Å². The Balaban J connectivity index is 2.08. The molecular weight excluding hydrogens is 288 g/mol. The fourth-order valence-corrected chi connectivity index (χ4v) is 2.66. The molecule has 1 aliphatic carbocycles. The van der Waals surface area contributed by atoms with E-state index in [0.29, 0.717) is 17.3 Å². The standard InChI is InChI=1S/C12H15ClN2O3S/c1-7-5-9(7)12(16)14-8-3-4-11(10(13)6-8)15-19(2,17)18/h3-4,6-7,9,15H,5H2,1-2H3,(H,14,16)/t7-,9+/m0/s1. The topological polar surface area (TPSA) is 75.3 Å². The first-order valence-electron chi connectivity index (χ1n) is 5.84. The van der Waals surface area contributed by atoms with Crippen molar-refractivity contribution in [2.24, 2.45) is 11.8 Å². The van der Waals surface area contributed by atoms with Gasteiger partial charge in [-0.05, 0) is 30.5 Å². The van der Waals surface area contributed by atoms with Crippen molar-refractivity contribution in [3.05, 3.63) is 23.2 Å². The SMILES string of the molecule is C[C@H]1C[C@H]1C(=O)Nc1ccc(NS(C)(=O)=O)c(Cl)c1. The Hall–Kier alpha value is -1.27. The molecule has 0 aliphatic heterocycles. The fraction of sp³-hybridized carbons (Fsp3) is 0.417. The molecular formula is C12H15ClN2O3S. The highest BCUT2D eigenvalue weighted by Gasteiger charge is 2.39. The van der Waals surface area contributed by atoms with Crippen LogP contribution in [0.25, 0.3) is 0 Å². The van der Waals surface area contributed by atoms with Gasteiger partial charge < -0.3 is 5.32 Å². The second-order valence-electron chi connectivity index (χ2n) is 4.88. The lowest BCUT2D eigenvalue weighted by atomic mass is 10.2. The highest BCUT2D eigenvalue weighted by molar-refractivity contribution is 7.92. The number of carbonyl (C=O) groups is 1. The van der Waals surface area contributed by atoms with Crippen LogP contribution in [0.1, 0.15) is 13.3 Å². The largest absolute Gasteiger partial charge is 0.326 e. The predicted octanol–water partition coefficient (Wildman–Crippen LogP) is 2.31. The van der Waals surface area contributed by atoms with E-state index in [-0.39, 0.29) is 16.8 Å². The molecule has 1 fully saturated rings. The van der Waals surface area contributed by atoms with Gasteiger partial charge in [0.2, 0.25) is 15.9 Å². The molecule has 0 heterocycles. The van der Waals surface area contributed by atoms with Crippen LogP contribution in [-0.4, -0.2) is 20.6 Å². The molecule has 0 spiro atoms. The van der Waals surface area contributed by atoms with E-state index in [1.807, 2.05) is 6.92 Å². The van der Waals surface area contributed by atoms with Gasteiger partial charge in [-0.1, -0.05) is 18.5 Å². The lowest BCUT2D eigenvalue weighted by Gasteiger charge is -2.09. The van der Waals surface area contributed by atoms with E-state index < -0.39 is 10.0 Å². The van der Waals surface area contributed by atoms with Crippen LogP contribution in [0.2, 0.25) is 5.02 Å². The summed E-state index contributed by atoms with van der Waals surface area (Å²) in [4.78, 5) is 11.7. The molecule has 2 N–H and O–H groups in total. The van der Waals surface area contributed by atoms with Crippen molar-refractivity contribution in [2.45, 2.75) is 13.3 Å². The van der Waals surface area contributed by atoms with E-state index in [1.54, 1.807) is 6.07 Å². The van der Waals surface area contributed by atoms with Gasteiger partial charge in [0, 0.05) is 11.6 Å². The quantitative estimate of drug-likeness (QED) is 0.896. The molecule has 1 amide bonds. The Morgan fingerprint density at radius 3 is 2.53 bits per heavy atom. The van der Waals surface area contributed by atoms with Gasteiger partial charge in [0.1, 0.15) is 0 Å². The lowest BCUT2D eigenvalue weighted by molar-refractivity contribution is -0.117. The minimum Gasteiger partial charge on any atom is -0.326 e. The van der Waals surface area contributed by atoms with Crippen molar-refractivity contribution in [1.82, 2.24) is 0 Å². The highest BCUT2D eigenvalue weighted by atomic mass is 35.5. The first kappa shape index (κ1) is 14.1. The van der Waals surface area contributed by atoms with Gasteiger partial charge in [-0.3, -0.25) is 9.52 Å². The molecule has 104 valence electrons. The number of benzene rings is 1. The number of halogens is 1. The van der Waals surface area contributed by atoms with Crippen molar-refractivity contribution in [3.63, 3.8) is 0 Å². The third-order valence-electron chi connectivity index (χ3n) is 2.98. The summed E-state index contributed by atoms with van der Waals surface area (Å²) in [5, 5.41) is 3.01. The Labute approximate surface area is 117 Å². The molecule has 0 bridgehead atoms. The maximum atomic E-state index is 11.7. The van der Waals surface area contributed by atoms with Crippen LogP contribution in [0.5, 0.6) is 0 Å². The van der Waals surface area contributed by atoms with Crippen LogP contribution >= 0.6 is 11.6 Å². The van der Waals surface area contributed by atoms with Crippen LogP contribution in [0.3, 0.4) is 0 Å². The van der Waals surface area contributed by atoms with Gasteiger partial charge in [-0.2, -0.15) is 0 Å². The summed E-state index contributed by atoms with van der Waals surface area (Å²) in [5.41, 5.74) is 0.857. The molecule has 1 saturated carbocycles. The summed E-state index contributed by atoms with van der Waals surface area (Å²) >= 11 is 5.96. The average Bonchev–Trinajstić information content (AvgIpc) is 2.98. The third kappa shape index (κ3) is 3.84. The second-order valence-corrected chi connectivity index (χ2v) is 7.03. The number of anilines is 2. The zero-order chi connectivity index (χ0) is 14.2. The smallest absolute Gasteiger partial charge is 0.229 e. The normalized spacial score (nSPS) is 21.8. The van der Waals surface area contributed by atoms with Crippen LogP contribution in [0, 0.1) is 11.8 Å². The summed E-state index contributed by atoms with van der Waals surface area (Å²) in [6.45, 7) is 2.02. The lowest BCUT2D eigenvalue weighted by Crippen LogP contribution is -2.15. The van der Waals surface area contributed by atoms with E-state index in [1.165, 1.54) is 12.1 Å². The molecule has 0 radical (unpaired) electrons. The van der Waals surface area contributed by atoms with Gasteiger partial charge in [-0.15, -0.1) is 0 Å². The van der Waals surface area contributed by atoms with Crippen LogP contribution in [0.15, 0.2) is 18.2 Å². The maximum absolute atomic E-state index is 11.7. The highest BCUT2D eigenvalue weighted by Crippen LogP contribution is 2.38. The zero-order valence-corrected chi connectivity index (χ0v) is 12.2. The fourth-order valence-electron chi connectivity index (χ4n) is 1.80. The molecule has 1 aromatic rings. The Bertz CT molecular complexity index is 615. The van der Waals surface area contributed by atoms with Crippen LogP contribution < -0.4 is 10.0 Å². The molecule has 7 heteroatoms. The minimum atomic E-state index is -3.37. The molecule has 1 aliphatic rings. The van der Waals surface area contributed by atoms with Gasteiger partial charge in [0.25, 0.3) is 0 Å². The minimum absolute atomic E-state index is 0.0209. The van der Waals surface area contributed by atoms with Crippen molar-refractivity contribution in [3.8, 4) is 0 Å². The maximum Gasteiger partial charge on any atom is 0.229 e. The summed E-state index contributed by atoms with van der Waals surface area (Å²) in [6.07, 6.45) is 1.96. The molecule has 0 unspecified atom stereocenters. The Morgan fingerprint density at radius 1 is 1.42 bits per heavy atom. The molecule has 19 heavy (non-hydrogen) atoms. The number of sulfonamides is 1. The van der Waals surface area contributed by atoms with Crippen LogP contribution in [-0.2, 0) is 14.8 Å². The van der Waals surface area contributed by atoms with Crippen molar-refractivity contribution < 1.29 is 13.2 Å². The summed E-state index contributed by atoms with van der Waals surface area (Å²) < 4.78 is 24.5. The molecule has 5 nitrogen and oxygen atoms in total. The number of hydrogen-bond acceptors (Lipinski definition) is 3. The molecule has 2 rings (SSSR count). The number of hydrogen-bond donors (Lipinski definition) is 2. The zero-order valence-electron chi connectivity index (χ0n) is 10.6. The van der Waals surface area contributed by atoms with Crippen molar-refractivity contribution in [1.29, 1.82) is 0 Å². The van der Waals surface area contributed by atoms with Crippen LogP contribution in [0.4, 0.5) is 11.4 Å². The van der Waals surface area contributed by atoms with Gasteiger partial charge in [0.15, 0.2) is 0 Å². The number of rotatable bonds is 4. The second kappa shape index (κ2) is 5.02. The third-order valence-corrected chi connectivity index (χ3v) is 3.88. The van der Waals surface area contributed by atoms with Crippen molar-refractivity contribution >= 4 is 38.9 Å². The predicted molar refractivity (Wildman–Crippen MR) is 75.8 cm³/mol. The Kier molecular flexibility index (Phi) is 3.73. The van der Waals surface area contributed by atoms with Gasteiger partial charge in [-0.25, -0.2) is 8.42 Å². The monoisotopic (exact) mass is 302 g/mol. The van der Waals surface area contributed by atoms with Crippen molar-refractivity contribution in [2.75, 3.05) is 16.3 Å². The first-order valence-corrected chi connectivity index (χ1v) is 8.11. The van der Waals surface area contributed by atoms with E-state index in [2.05, 4.69) is 10.0 Å². The van der Waals surface area contributed by atoms with E-state index >= 15 is 0 Å². The summed E-state index contributed by atoms with van der Waals surface area (Å²) in [5.74, 6) is 0.488. The number of nitrogens with one attached hydrogen (secondary N) is 2. The number of amides is 1. The summed E-state index contributed by atoms with van der Waals surface area (Å²) in [7, 11) is -3.37. The van der Waals surface area contributed by atoms with Gasteiger partial charge >= 0.3 is 0 Å². The number of carbonyl (C=O) groups excluding carboxylic acids is 1. The van der Waals surface area contributed by atoms with Gasteiger partial charge in [0.05, 0.1) is 17.0 Å². The van der Waals surface area contributed by atoms with E-state index in [9.17, 15) is 13.2 Å². The molecule has 2 atom stereocenters. The van der Waals surface area contributed by atoms with E-state index in [4.69, 9.17) is 11.6 Å². The molecule has 0 aromatic heterocycles. The average molecular weight is 303 g/mol. The Morgan fingerprint density at radius 2 is 2.05 bits per heavy atom.